The van der Waals surface area contributed by atoms with Crippen molar-refractivity contribution in [3.8, 4) is 0 Å². The van der Waals surface area contributed by atoms with Gasteiger partial charge in [0.1, 0.15) is 5.51 Å². The highest BCUT2D eigenvalue weighted by Crippen LogP contribution is 2.20. The fourth-order valence-corrected chi connectivity index (χ4v) is 3.14. The Bertz CT molecular complexity index is 573. The third kappa shape index (κ3) is 3.86. The lowest BCUT2D eigenvalue weighted by atomic mass is 9.97. The van der Waals surface area contributed by atoms with Crippen LogP contribution in [0.25, 0.3) is 0 Å². The van der Waals surface area contributed by atoms with E-state index in [2.05, 4.69) is 44.7 Å². The molecule has 1 atom stereocenters. The van der Waals surface area contributed by atoms with Crippen molar-refractivity contribution in [1.82, 2.24) is 15.1 Å². The number of likely N-dealkylation sites (tertiary alicyclic amines) is 1. The van der Waals surface area contributed by atoms with Crippen LogP contribution in [-0.2, 0) is 11.3 Å². The molecular formula is C15H18N4OS. The Labute approximate surface area is 128 Å². The van der Waals surface area contributed by atoms with Crippen LogP contribution >= 0.6 is 11.3 Å². The first kappa shape index (κ1) is 14.2. The van der Waals surface area contributed by atoms with E-state index in [0.717, 1.165) is 32.5 Å². The molecular weight excluding hydrogens is 284 g/mol. The van der Waals surface area contributed by atoms with Crippen LogP contribution in [0.5, 0.6) is 0 Å². The molecule has 0 radical (unpaired) electrons. The first-order chi connectivity index (χ1) is 10.3. The smallest absolute Gasteiger partial charge is 0.230 e. The Hall–Kier alpha value is -1.79. The monoisotopic (exact) mass is 302 g/mol. The molecule has 1 aliphatic rings. The van der Waals surface area contributed by atoms with E-state index in [1.165, 1.54) is 16.9 Å². The summed E-state index contributed by atoms with van der Waals surface area (Å²) in [6.45, 7) is 2.76. The van der Waals surface area contributed by atoms with E-state index in [0.29, 0.717) is 5.13 Å². The molecule has 2 heterocycles. The first-order valence-electron chi connectivity index (χ1n) is 7.14. The summed E-state index contributed by atoms with van der Waals surface area (Å²) in [7, 11) is 0. The zero-order chi connectivity index (χ0) is 14.5. The highest BCUT2D eigenvalue weighted by Gasteiger charge is 2.26. The number of benzene rings is 1. The molecule has 1 N–H and O–H groups in total. The summed E-state index contributed by atoms with van der Waals surface area (Å²) in [4.78, 5) is 14.6. The lowest BCUT2D eigenvalue weighted by molar-refractivity contribution is -0.121. The summed E-state index contributed by atoms with van der Waals surface area (Å²) >= 11 is 1.35. The van der Waals surface area contributed by atoms with Crippen LogP contribution in [0, 0.1) is 5.92 Å². The van der Waals surface area contributed by atoms with Crippen molar-refractivity contribution in [3.63, 3.8) is 0 Å². The number of hydrogen-bond acceptors (Lipinski definition) is 5. The second-order valence-corrected chi connectivity index (χ2v) is 6.13. The molecule has 1 aromatic carbocycles. The average Bonchev–Trinajstić information content (AvgIpc) is 3.01. The lowest BCUT2D eigenvalue weighted by Crippen LogP contribution is -2.40. The number of nitrogens with zero attached hydrogens (tertiary/aromatic N) is 3. The topological polar surface area (TPSA) is 58.1 Å². The highest BCUT2D eigenvalue weighted by molar-refractivity contribution is 7.13. The van der Waals surface area contributed by atoms with Gasteiger partial charge < -0.3 is 5.32 Å². The van der Waals surface area contributed by atoms with Gasteiger partial charge >= 0.3 is 0 Å². The molecule has 1 saturated heterocycles. The van der Waals surface area contributed by atoms with Gasteiger partial charge in [0, 0.05) is 13.1 Å². The molecule has 3 rings (SSSR count). The third-order valence-electron chi connectivity index (χ3n) is 3.72. The maximum Gasteiger partial charge on any atom is 0.230 e. The minimum absolute atomic E-state index is 0.0337. The number of carbonyl (C=O) groups excluding carboxylic acids is 1. The number of carbonyl (C=O) groups is 1. The van der Waals surface area contributed by atoms with E-state index < -0.39 is 0 Å². The Morgan fingerprint density at radius 2 is 2.24 bits per heavy atom. The van der Waals surface area contributed by atoms with Crippen LogP contribution < -0.4 is 5.32 Å². The van der Waals surface area contributed by atoms with E-state index in [4.69, 9.17) is 0 Å². The number of aromatic nitrogens is 2. The predicted octanol–water partition coefficient (Wildman–Crippen LogP) is 2.39. The number of rotatable bonds is 4. The molecule has 0 spiro atoms. The van der Waals surface area contributed by atoms with Crippen molar-refractivity contribution < 1.29 is 4.79 Å². The van der Waals surface area contributed by atoms with Crippen molar-refractivity contribution in [1.29, 1.82) is 0 Å². The van der Waals surface area contributed by atoms with Gasteiger partial charge in [0.15, 0.2) is 0 Å². The number of amides is 1. The van der Waals surface area contributed by atoms with Crippen molar-refractivity contribution in [2.24, 2.45) is 5.92 Å². The van der Waals surface area contributed by atoms with Crippen molar-refractivity contribution >= 4 is 22.4 Å². The first-order valence-corrected chi connectivity index (χ1v) is 8.02. The van der Waals surface area contributed by atoms with E-state index >= 15 is 0 Å². The maximum absolute atomic E-state index is 12.3. The summed E-state index contributed by atoms with van der Waals surface area (Å²) in [6, 6.07) is 10.4. The molecule has 1 aliphatic heterocycles. The molecule has 5 nitrogen and oxygen atoms in total. The largest absolute Gasteiger partial charge is 0.300 e. The van der Waals surface area contributed by atoms with Crippen LogP contribution in [0.4, 0.5) is 5.13 Å². The number of hydrogen-bond donors (Lipinski definition) is 1. The third-order valence-corrected chi connectivity index (χ3v) is 4.32. The second-order valence-electron chi connectivity index (χ2n) is 5.29. The zero-order valence-electron chi connectivity index (χ0n) is 11.7. The van der Waals surface area contributed by atoms with Gasteiger partial charge in [-0.3, -0.25) is 9.69 Å². The molecule has 0 bridgehead atoms. The normalized spacial score (nSPS) is 19.3. The van der Waals surface area contributed by atoms with E-state index in [9.17, 15) is 4.79 Å². The lowest BCUT2D eigenvalue weighted by Gasteiger charge is -2.31. The van der Waals surface area contributed by atoms with Gasteiger partial charge in [0.05, 0.1) is 5.92 Å². The van der Waals surface area contributed by atoms with Crippen molar-refractivity contribution in [2.75, 3.05) is 18.4 Å². The Balaban J connectivity index is 1.56. The molecule has 21 heavy (non-hydrogen) atoms. The molecule has 1 aromatic heterocycles. The molecule has 1 fully saturated rings. The summed E-state index contributed by atoms with van der Waals surface area (Å²) in [6.07, 6.45) is 2.00. The van der Waals surface area contributed by atoms with Crippen molar-refractivity contribution in [3.05, 3.63) is 41.4 Å². The van der Waals surface area contributed by atoms with Crippen molar-refractivity contribution in [2.45, 2.75) is 19.4 Å². The fourth-order valence-electron chi connectivity index (χ4n) is 2.69. The average molecular weight is 302 g/mol. The fraction of sp³-hybridized carbons (Fsp3) is 0.400. The zero-order valence-corrected chi connectivity index (χ0v) is 12.6. The molecule has 0 saturated carbocycles. The molecule has 110 valence electrons. The van der Waals surface area contributed by atoms with Gasteiger partial charge in [-0.1, -0.05) is 41.7 Å². The van der Waals surface area contributed by atoms with Gasteiger partial charge in [0.25, 0.3) is 0 Å². The van der Waals surface area contributed by atoms with Gasteiger partial charge in [-0.15, -0.1) is 10.2 Å². The Kier molecular flexibility index (Phi) is 4.57. The van der Waals surface area contributed by atoms with Crippen LogP contribution in [-0.4, -0.2) is 34.1 Å². The number of nitrogens with one attached hydrogen (secondary N) is 1. The summed E-state index contributed by atoms with van der Waals surface area (Å²) in [5.74, 6) is 0.0934. The second kappa shape index (κ2) is 6.78. The SMILES string of the molecule is O=C(Nc1nncs1)C1CCCN(Cc2ccccc2)C1. The van der Waals surface area contributed by atoms with Gasteiger partial charge in [-0.2, -0.15) is 0 Å². The van der Waals surface area contributed by atoms with Gasteiger partial charge in [-0.05, 0) is 24.9 Å². The van der Waals surface area contributed by atoms with E-state index in [1.54, 1.807) is 5.51 Å². The molecule has 1 amide bonds. The molecule has 6 heteroatoms. The quantitative estimate of drug-likeness (QED) is 0.942. The minimum Gasteiger partial charge on any atom is -0.300 e. The maximum atomic E-state index is 12.3. The Morgan fingerprint density at radius 1 is 1.38 bits per heavy atom. The highest BCUT2D eigenvalue weighted by atomic mass is 32.1. The van der Waals surface area contributed by atoms with Crippen LogP contribution in [0.15, 0.2) is 35.8 Å². The molecule has 2 aromatic rings. The van der Waals surface area contributed by atoms with Gasteiger partial charge in [0.2, 0.25) is 11.0 Å². The summed E-state index contributed by atoms with van der Waals surface area (Å²) in [5, 5.41) is 11.0. The number of anilines is 1. The van der Waals surface area contributed by atoms with Crippen LogP contribution in [0.2, 0.25) is 0 Å². The van der Waals surface area contributed by atoms with Gasteiger partial charge in [-0.25, -0.2) is 0 Å². The predicted molar refractivity (Wildman–Crippen MR) is 83.0 cm³/mol. The summed E-state index contributed by atoms with van der Waals surface area (Å²) in [5.41, 5.74) is 2.92. The van der Waals surface area contributed by atoms with E-state index in [-0.39, 0.29) is 11.8 Å². The van der Waals surface area contributed by atoms with E-state index in [1.807, 2.05) is 6.07 Å². The van der Waals surface area contributed by atoms with Crippen LogP contribution in [0.1, 0.15) is 18.4 Å². The minimum atomic E-state index is 0.0337. The molecule has 1 unspecified atom stereocenters. The molecule has 0 aliphatic carbocycles. The number of piperidine rings is 1. The Morgan fingerprint density at radius 3 is 3.00 bits per heavy atom. The van der Waals surface area contributed by atoms with Crippen LogP contribution in [0.3, 0.4) is 0 Å². The standard InChI is InChI=1S/C15H18N4OS/c20-14(17-15-18-16-11-21-15)13-7-4-8-19(10-13)9-12-5-2-1-3-6-12/h1-3,5-6,11,13H,4,7-10H2,(H,17,18,20). The summed E-state index contributed by atoms with van der Waals surface area (Å²) < 4.78 is 0.